The van der Waals surface area contributed by atoms with Crippen LogP contribution in [0.25, 0.3) is 6.08 Å². The van der Waals surface area contributed by atoms with Gasteiger partial charge in [0.05, 0.1) is 7.11 Å². The van der Waals surface area contributed by atoms with Gasteiger partial charge in [-0.15, -0.1) is 0 Å². The molecule has 2 aromatic rings. The van der Waals surface area contributed by atoms with Gasteiger partial charge >= 0.3 is 6.61 Å². The van der Waals surface area contributed by atoms with Crippen LogP contribution in [0.15, 0.2) is 42.0 Å². The number of halogens is 4. The van der Waals surface area contributed by atoms with E-state index in [1.165, 1.54) is 37.5 Å². The largest absolute Gasteiger partial charge is 0.493 e. The average Bonchev–Trinajstić information content (AvgIpc) is 2.62. The Morgan fingerprint density at radius 1 is 1.15 bits per heavy atom. The summed E-state index contributed by atoms with van der Waals surface area (Å²) in [5, 5.41) is 2.61. The molecule has 144 valence electrons. The van der Waals surface area contributed by atoms with E-state index in [0.29, 0.717) is 5.57 Å². The third-order valence-electron chi connectivity index (χ3n) is 3.53. The van der Waals surface area contributed by atoms with Crippen molar-refractivity contribution in [1.29, 1.82) is 0 Å². The summed E-state index contributed by atoms with van der Waals surface area (Å²) in [6.45, 7) is -1.24. The van der Waals surface area contributed by atoms with Gasteiger partial charge < -0.3 is 14.8 Å². The monoisotopic (exact) mass is 383 g/mol. The van der Waals surface area contributed by atoms with Crippen molar-refractivity contribution in [3.05, 3.63) is 64.7 Å². The highest BCUT2D eigenvalue weighted by molar-refractivity contribution is 5.95. The van der Waals surface area contributed by atoms with Crippen molar-refractivity contribution in [2.45, 2.75) is 13.5 Å². The molecule has 1 N–H and O–H groups in total. The van der Waals surface area contributed by atoms with Gasteiger partial charge in [-0.05, 0) is 37.3 Å². The first-order chi connectivity index (χ1) is 12.8. The minimum atomic E-state index is -3.02. The summed E-state index contributed by atoms with van der Waals surface area (Å²) in [5.74, 6) is -2.07. The van der Waals surface area contributed by atoms with Crippen molar-refractivity contribution in [1.82, 2.24) is 5.32 Å². The van der Waals surface area contributed by atoms with Gasteiger partial charge in [-0.25, -0.2) is 8.78 Å². The average molecular weight is 383 g/mol. The molecule has 4 nitrogen and oxygen atoms in total. The second-order valence-corrected chi connectivity index (χ2v) is 5.58. The zero-order valence-electron chi connectivity index (χ0n) is 14.6. The van der Waals surface area contributed by atoms with Crippen molar-refractivity contribution in [3.63, 3.8) is 0 Å². The van der Waals surface area contributed by atoms with Gasteiger partial charge in [-0.3, -0.25) is 4.79 Å². The Morgan fingerprint density at radius 2 is 1.89 bits per heavy atom. The van der Waals surface area contributed by atoms with E-state index in [1.54, 1.807) is 6.92 Å². The summed E-state index contributed by atoms with van der Waals surface area (Å²) in [6.07, 6.45) is 1.48. The maximum atomic E-state index is 13.6. The summed E-state index contributed by atoms with van der Waals surface area (Å²) >= 11 is 0. The first kappa shape index (κ1) is 20.3. The lowest BCUT2D eigenvalue weighted by Crippen LogP contribution is -2.25. The first-order valence-corrected chi connectivity index (χ1v) is 7.83. The summed E-state index contributed by atoms with van der Waals surface area (Å²) in [5.41, 5.74) is 0.992. The lowest BCUT2D eigenvalue weighted by atomic mass is 10.1. The summed E-state index contributed by atoms with van der Waals surface area (Å²) < 4.78 is 60.4. The molecule has 0 spiro atoms. The van der Waals surface area contributed by atoms with Crippen molar-refractivity contribution in [2.75, 3.05) is 13.7 Å². The SMILES string of the molecule is COc1cc(C(=O)NC/C(C)=C/c2ccc(F)cc2F)ccc1OC(F)F. The number of nitrogens with one attached hydrogen (secondary N) is 1. The standard InChI is InChI=1S/C19H17F4NO3/c1-11(7-12-3-5-14(20)9-15(12)21)10-24-18(25)13-4-6-16(27-19(22)23)17(8-13)26-2/h3-9,19H,10H2,1-2H3,(H,24,25)/b11-7+. The fourth-order valence-corrected chi connectivity index (χ4v) is 2.26. The van der Waals surface area contributed by atoms with Crippen LogP contribution >= 0.6 is 0 Å². The highest BCUT2D eigenvalue weighted by Crippen LogP contribution is 2.29. The zero-order valence-corrected chi connectivity index (χ0v) is 14.6. The molecule has 0 aliphatic rings. The maximum Gasteiger partial charge on any atom is 0.387 e. The van der Waals surface area contributed by atoms with E-state index in [2.05, 4.69) is 10.1 Å². The molecule has 0 heterocycles. The second-order valence-electron chi connectivity index (χ2n) is 5.58. The number of hydrogen-bond donors (Lipinski definition) is 1. The molecule has 0 bridgehead atoms. The number of methoxy groups -OCH3 is 1. The number of alkyl halides is 2. The van der Waals surface area contributed by atoms with Gasteiger partial charge in [-0.1, -0.05) is 11.6 Å². The number of rotatable bonds is 7. The van der Waals surface area contributed by atoms with E-state index in [4.69, 9.17) is 4.74 Å². The summed E-state index contributed by atoms with van der Waals surface area (Å²) in [4.78, 5) is 12.2. The Balaban J connectivity index is 2.05. The molecule has 0 aliphatic heterocycles. The molecule has 0 atom stereocenters. The second kappa shape index (κ2) is 9.07. The predicted octanol–water partition coefficient (Wildman–Crippen LogP) is 4.41. The normalized spacial score (nSPS) is 11.4. The first-order valence-electron chi connectivity index (χ1n) is 7.83. The summed E-state index contributed by atoms with van der Waals surface area (Å²) in [6, 6.07) is 6.99. The van der Waals surface area contributed by atoms with Crippen LogP contribution in [0.5, 0.6) is 11.5 Å². The number of amides is 1. The lowest BCUT2D eigenvalue weighted by molar-refractivity contribution is -0.0512. The van der Waals surface area contributed by atoms with Crippen LogP contribution in [0.2, 0.25) is 0 Å². The van der Waals surface area contributed by atoms with Gasteiger partial charge in [-0.2, -0.15) is 8.78 Å². The van der Waals surface area contributed by atoms with Crippen LogP contribution in [0.1, 0.15) is 22.8 Å². The Labute approximate surface area is 153 Å². The van der Waals surface area contributed by atoms with Gasteiger partial charge in [0.1, 0.15) is 11.6 Å². The Bertz CT molecular complexity index is 853. The molecule has 0 unspecified atom stereocenters. The third kappa shape index (κ3) is 5.73. The topological polar surface area (TPSA) is 47.6 Å². The lowest BCUT2D eigenvalue weighted by Gasteiger charge is -2.12. The molecular formula is C19H17F4NO3. The summed E-state index contributed by atoms with van der Waals surface area (Å²) in [7, 11) is 1.26. The molecule has 8 heteroatoms. The van der Waals surface area contributed by atoms with E-state index >= 15 is 0 Å². The molecule has 0 aromatic heterocycles. The number of benzene rings is 2. The molecular weight excluding hydrogens is 366 g/mol. The van der Waals surface area contributed by atoms with E-state index < -0.39 is 24.2 Å². The van der Waals surface area contributed by atoms with E-state index in [-0.39, 0.29) is 29.2 Å². The molecule has 27 heavy (non-hydrogen) atoms. The molecule has 2 rings (SSSR count). The van der Waals surface area contributed by atoms with Crippen LogP contribution in [0.4, 0.5) is 17.6 Å². The van der Waals surface area contributed by atoms with Crippen LogP contribution < -0.4 is 14.8 Å². The maximum absolute atomic E-state index is 13.6. The molecule has 2 aromatic carbocycles. The van der Waals surface area contributed by atoms with Crippen molar-refractivity contribution in [2.24, 2.45) is 0 Å². The highest BCUT2D eigenvalue weighted by atomic mass is 19.3. The fourth-order valence-electron chi connectivity index (χ4n) is 2.26. The minimum Gasteiger partial charge on any atom is -0.493 e. The van der Waals surface area contributed by atoms with Gasteiger partial charge in [0.25, 0.3) is 5.91 Å². The predicted molar refractivity (Wildman–Crippen MR) is 92.0 cm³/mol. The Kier molecular flexibility index (Phi) is 6.81. The molecule has 1 amide bonds. The van der Waals surface area contributed by atoms with E-state index in [1.807, 2.05) is 0 Å². The van der Waals surface area contributed by atoms with Crippen molar-refractivity contribution in [3.8, 4) is 11.5 Å². The molecule has 0 aliphatic carbocycles. The van der Waals surface area contributed by atoms with Crippen molar-refractivity contribution < 1.29 is 31.8 Å². The van der Waals surface area contributed by atoms with E-state index in [0.717, 1.165) is 12.1 Å². The molecule has 0 saturated carbocycles. The number of carbonyl (C=O) groups is 1. The Hall–Kier alpha value is -3.03. The molecule has 0 saturated heterocycles. The van der Waals surface area contributed by atoms with Crippen LogP contribution in [0.3, 0.4) is 0 Å². The van der Waals surface area contributed by atoms with Gasteiger partial charge in [0.2, 0.25) is 0 Å². The van der Waals surface area contributed by atoms with Crippen LogP contribution in [-0.2, 0) is 0 Å². The van der Waals surface area contributed by atoms with Crippen LogP contribution in [-0.4, -0.2) is 26.2 Å². The van der Waals surface area contributed by atoms with Gasteiger partial charge in [0, 0.05) is 23.7 Å². The van der Waals surface area contributed by atoms with Crippen LogP contribution in [0, 0.1) is 11.6 Å². The smallest absolute Gasteiger partial charge is 0.387 e. The Morgan fingerprint density at radius 3 is 2.52 bits per heavy atom. The quantitative estimate of drug-likeness (QED) is 0.721. The van der Waals surface area contributed by atoms with Crippen molar-refractivity contribution >= 4 is 12.0 Å². The molecule has 0 fully saturated rings. The zero-order chi connectivity index (χ0) is 20.0. The number of ether oxygens (including phenoxy) is 2. The van der Waals surface area contributed by atoms with Gasteiger partial charge in [0.15, 0.2) is 11.5 Å². The van der Waals surface area contributed by atoms with E-state index in [9.17, 15) is 22.4 Å². The fraction of sp³-hybridized carbons (Fsp3) is 0.211. The molecule has 0 radical (unpaired) electrons. The third-order valence-corrected chi connectivity index (χ3v) is 3.53. The minimum absolute atomic E-state index is 0.0106. The number of carbonyl (C=O) groups excluding carboxylic acids is 1. The highest BCUT2D eigenvalue weighted by Gasteiger charge is 2.14. The number of hydrogen-bond acceptors (Lipinski definition) is 3.